The molecule has 4 rings (SSSR count). The van der Waals surface area contributed by atoms with Gasteiger partial charge >= 0.3 is 6.01 Å². The maximum Gasteiger partial charge on any atom is 0.322 e. The van der Waals surface area contributed by atoms with Gasteiger partial charge in [-0.2, -0.15) is 0 Å². The van der Waals surface area contributed by atoms with Crippen LogP contribution in [0.4, 0.5) is 6.01 Å². The number of nitrogens with zero attached hydrogens (tertiary/aromatic N) is 2. The first-order chi connectivity index (χ1) is 11.7. The summed E-state index contributed by atoms with van der Waals surface area (Å²) < 4.78 is 11.1. The summed E-state index contributed by atoms with van der Waals surface area (Å²) in [5, 5.41) is 11.3. The fourth-order valence-corrected chi connectivity index (χ4v) is 2.33. The molecular weight excluding hydrogens is 306 g/mol. The Morgan fingerprint density at radius 3 is 2.58 bits per heavy atom. The molecule has 0 atom stereocenters. The number of fused-ring (bicyclic) bond motifs is 1. The SMILES string of the molecule is Cc1ccc(C(=O)Nc2nnc(-c3cc4ccccc4o3)o2)cc1. The van der Waals surface area contributed by atoms with Crippen molar-refractivity contribution in [3.63, 3.8) is 0 Å². The predicted molar refractivity (Wildman–Crippen MR) is 88.6 cm³/mol. The van der Waals surface area contributed by atoms with Crippen molar-refractivity contribution in [3.8, 4) is 11.7 Å². The quantitative estimate of drug-likeness (QED) is 0.616. The molecule has 1 amide bonds. The second-order valence-corrected chi connectivity index (χ2v) is 5.38. The molecule has 0 unspecified atom stereocenters. The smallest absolute Gasteiger partial charge is 0.322 e. The lowest BCUT2D eigenvalue weighted by molar-refractivity contribution is 0.102. The maximum atomic E-state index is 12.1. The lowest BCUT2D eigenvalue weighted by Gasteiger charge is -2.00. The van der Waals surface area contributed by atoms with E-state index in [4.69, 9.17) is 8.83 Å². The second kappa shape index (κ2) is 5.66. The van der Waals surface area contributed by atoms with Crippen LogP contribution in [0.1, 0.15) is 15.9 Å². The highest BCUT2D eigenvalue weighted by Crippen LogP contribution is 2.27. The minimum atomic E-state index is -0.310. The molecule has 4 aromatic rings. The summed E-state index contributed by atoms with van der Waals surface area (Å²) in [5.41, 5.74) is 2.33. The molecule has 24 heavy (non-hydrogen) atoms. The van der Waals surface area contributed by atoms with Crippen LogP contribution in [0.15, 0.2) is 63.4 Å². The molecule has 0 saturated heterocycles. The average Bonchev–Trinajstić information content (AvgIpc) is 3.21. The molecule has 1 N–H and O–H groups in total. The van der Waals surface area contributed by atoms with Crippen molar-refractivity contribution in [2.24, 2.45) is 0 Å². The molecule has 0 fully saturated rings. The molecule has 0 aliphatic heterocycles. The number of rotatable bonds is 3. The Kier molecular flexibility index (Phi) is 3.35. The monoisotopic (exact) mass is 319 g/mol. The number of aromatic nitrogens is 2. The third-order valence-corrected chi connectivity index (χ3v) is 3.60. The fraction of sp³-hybridized carbons (Fsp3) is 0.0556. The van der Waals surface area contributed by atoms with Crippen LogP contribution in [0.5, 0.6) is 0 Å². The van der Waals surface area contributed by atoms with Crippen LogP contribution in [-0.4, -0.2) is 16.1 Å². The van der Waals surface area contributed by atoms with E-state index in [1.165, 1.54) is 0 Å². The molecule has 2 aromatic carbocycles. The van der Waals surface area contributed by atoms with Crippen molar-refractivity contribution in [3.05, 3.63) is 65.7 Å². The number of furan rings is 1. The van der Waals surface area contributed by atoms with Crippen LogP contribution < -0.4 is 5.32 Å². The van der Waals surface area contributed by atoms with Crippen molar-refractivity contribution in [1.82, 2.24) is 10.2 Å². The molecule has 118 valence electrons. The van der Waals surface area contributed by atoms with Gasteiger partial charge in [-0.15, -0.1) is 5.10 Å². The number of hydrogen-bond donors (Lipinski definition) is 1. The number of carbonyl (C=O) groups excluding carboxylic acids is 1. The van der Waals surface area contributed by atoms with Gasteiger partial charge in [0.25, 0.3) is 11.8 Å². The summed E-state index contributed by atoms with van der Waals surface area (Å²) in [6, 6.07) is 16.6. The van der Waals surface area contributed by atoms with E-state index >= 15 is 0 Å². The number of aryl methyl sites for hydroxylation is 1. The van der Waals surface area contributed by atoms with Crippen LogP contribution in [0, 0.1) is 6.92 Å². The van der Waals surface area contributed by atoms with E-state index in [1.807, 2.05) is 49.4 Å². The molecule has 0 bridgehead atoms. The van der Waals surface area contributed by atoms with E-state index < -0.39 is 0 Å². The lowest BCUT2D eigenvalue weighted by atomic mass is 10.1. The minimum absolute atomic E-state index is 0.0241. The normalized spacial score (nSPS) is 10.9. The topological polar surface area (TPSA) is 81.2 Å². The number of anilines is 1. The van der Waals surface area contributed by atoms with Gasteiger partial charge in [0.2, 0.25) is 0 Å². The first-order valence-electron chi connectivity index (χ1n) is 7.39. The van der Waals surface area contributed by atoms with Crippen LogP contribution >= 0.6 is 0 Å². The van der Waals surface area contributed by atoms with E-state index in [-0.39, 0.29) is 17.8 Å². The minimum Gasteiger partial charge on any atom is -0.451 e. The fourth-order valence-electron chi connectivity index (χ4n) is 2.33. The first-order valence-corrected chi connectivity index (χ1v) is 7.39. The standard InChI is InChI=1S/C18H13N3O3/c1-11-6-8-12(9-7-11)16(22)19-18-21-20-17(24-18)15-10-13-4-2-3-5-14(13)23-15/h2-10H,1H3,(H,19,21,22). The van der Waals surface area contributed by atoms with Gasteiger partial charge in [0.15, 0.2) is 5.76 Å². The van der Waals surface area contributed by atoms with Crippen molar-refractivity contribution in [1.29, 1.82) is 0 Å². The lowest BCUT2D eigenvalue weighted by Crippen LogP contribution is -2.11. The summed E-state index contributed by atoms with van der Waals surface area (Å²) in [5.74, 6) is 0.361. The third-order valence-electron chi connectivity index (χ3n) is 3.60. The number of para-hydroxylation sites is 1. The molecule has 6 heteroatoms. The van der Waals surface area contributed by atoms with Crippen molar-refractivity contribution in [2.45, 2.75) is 6.92 Å². The summed E-state index contributed by atoms with van der Waals surface area (Å²) in [7, 11) is 0. The average molecular weight is 319 g/mol. The first kappa shape index (κ1) is 14.2. The number of benzene rings is 2. The second-order valence-electron chi connectivity index (χ2n) is 5.38. The zero-order chi connectivity index (χ0) is 16.5. The van der Waals surface area contributed by atoms with Crippen LogP contribution in [-0.2, 0) is 0 Å². The van der Waals surface area contributed by atoms with Gasteiger partial charge in [0, 0.05) is 10.9 Å². The van der Waals surface area contributed by atoms with Crippen molar-refractivity contribution >= 4 is 22.9 Å². The van der Waals surface area contributed by atoms with E-state index in [0.717, 1.165) is 16.5 Å². The Morgan fingerprint density at radius 1 is 1.00 bits per heavy atom. The zero-order valence-corrected chi connectivity index (χ0v) is 12.8. The Balaban J connectivity index is 1.56. The largest absolute Gasteiger partial charge is 0.451 e. The van der Waals surface area contributed by atoms with Gasteiger partial charge in [-0.25, -0.2) is 0 Å². The number of amides is 1. The molecule has 2 aromatic heterocycles. The van der Waals surface area contributed by atoms with E-state index in [9.17, 15) is 4.79 Å². The molecule has 0 saturated carbocycles. The summed E-state index contributed by atoms with van der Waals surface area (Å²) in [6.07, 6.45) is 0. The molecule has 6 nitrogen and oxygen atoms in total. The molecule has 2 heterocycles. The molecule has 0 aliphatic carbocycles. The van der Waals surface area contributed by atoms with Gasteiger partial charge in [-0.3, -0.25) is 10.1 Å². The van der Waals surface area contributed by atoms with Crippen LogP contribution in [0.2, 0.25) is 0 Å². The molecular formula is C18H13N3O3. The van der Waals surface area contributed by atoms with E-state index in [2.05, 4.69) is 15.5 Å². The van der Waals surface area contributed by atoms with Crippen molar-refractivity contribution in [2.75, 3.05) is 5.32 Å². The predicted octanol–water partition coefficient (Wildman–Crippen LogP) is 4.04. The van der Waals surface area contributed by atoms with Crippen LogP contribution in [0.3, 0.4) is 0 Å². The highest BCUT2D eigenvalue weighted by Gasteiger charge is 2.15. The Bertz CT molecular complexity index is 982. The number of hydrogen-bond acceptors (Lipinski definition) is 5. The number of nitrogens with one attached hydrogen (secondary N) is 1. The van der Waals surface area contributed by atoms with Gasteiger partial charge < -0.3 is 8.83 Å². The molecule has 0 aliphatic rings. The molecule has 0 radical (unpaired) electrons. The zero-order valence-electron chi connectivity index (χ0n) is 12.8. The van der Waals surface area contributed by atoms with E-state index in [1.54, 1.807) is 12.1 Å². The van der Waals surface area contributed by atoms with Gasteiger partial charge in [0.1, 0.15) is 5.58 Å². The van der Waals surface area contributed by atoms with Gasteiger partial charge in [-0.05, 0) is 31.2 Å². The highest BCUT2D eigenvalue weighted by atomic mass is 16.4. The van der Waals surface area contributed by atoms with E-state index in [0.29, 0.717) is 11.3 Å². The Labute approximate surface area is 137 Å². The third kappa shape index (κ3) is 2.65. The highest BCUT2D eigenvalue weighted by molar-refractivity contribution is 6.03. The summed E-state index contributed by atoms with van der Waals surface area (Å²) in [4.78, 5) is 12.1. The maximum absolute atomic E-state index is 12.1. The molecule has 0 spiro atoms. The Morgan fingerprint density at radius 2 is 1.79 bits per heavy atom. The van der Waals surface area contributed by atoms with Crippen LogP contribution in [0.25, 0.3) is 22.6 Å². The van der Waals surface area contributed by atoms with Crippen molar-refractivity contribution < 1.29 is 13.6 Å². The Hall–Kier alpha value is -3.41. The summed E-state index contributed by atoms with van der Waals surface area (Å²) in [6.45, 7) is 1.96. The van der Waals surface area contributed by atoms with Gasteiger partial charge in [0.05, 0.1) is 0 Å². The summed E-state index contributed by atoms with van der Waals surface area (Å²) >= 11 is 0. The van der Waals surface area contributed by atoms with Gasteiger partial charge in [-0.1, -0.05) is 41.0 Å². The number of carbonyl (C=O) groups is 1.